The first-order chi connectivity index (χ1) is 9.98. The highest BCUT2D eigenvalue weighted by Crippen LogP contribution is 2.38. The zero-order valence-electron chi connectivity index (χ0n) is 12.9. The van der Waals surface area contributed by atoms with Crippen molar-refractivity contribution in [3.8, 4) is 0 Å². The maximum Gasteiger partial charge on any atom is 0.127 e. The van der Waals surface area contributed by atoms with Gasteiger partial charge in [0.2, 0.25) is 0 Å². The van der Waals surface area contributed by atoms with Crippen LogP contribution in [0.2, 0.25) is 5.02 Å². The lowest BCUT2D eigenvalue weighted by Gasteiger charge is -2.43. The van der Waals surface area contributed by atoms with E-state index < -0.39 is 0 Å². The van der Waals surface area contributed by atoms with Gasteiger partial charge in [-0.2, -0.15) is 0 Å². The highest BCUT2D eigenvalue weighted by atomic mass is 35.5. The van der Waals surface area contributed by atoms with Crippen molar-refractivity contribution >= 4 is 11.6 Å². The van der Waals surface area contributed by atoms with E-state index in [1.54, 1.807) is 12.1 Å². The Bertz CT molecular complexity index is 452. The second-order valence-corrected chi connectivity index (χ2v) is 6.60. The monoisotopic (exact) mass is 313 g/mol. The van der Waals surface area contributed by atoms with E-state index in [0.717, 1.165) is 25.7 Å². The molecule has 1 unspecified atom stereocenters. The molecule has 1 aromatic carbocycles. The fourth-order valence-corrected chi connectivity index (χ4v) is 3.53. The lowest BCUT2D eigenvalue weighted by molar-refractivity contribution is -0.0884. The van der Waals surface area contributed by atoms with Crippen LogP contribution in [0.15, 0.2) is 18.2 Å². The average Bonchev–Trinajstić information content (AvgIpc) is 2.46. The Morgan fingerprint density at radius 3 is 2.67 bits per heavy atom. The standard InChI is InChI=1S/C17H25ClFNO/c1-3-21-17(9-7-12(2)8-10-17)16(20)11-13-14(18)5-4-6-15(13)19/h4-6,12,16H,3,7-11,20H2,1-2H3. The second-order valence-electron chi connectivity index (χ2n) is 6.19. The molecule has 0 heterocycles. The lowest BCUT2D eigenvalue weighted by atomic mass is 9.74. The van der Waals surface area contributed by atoms with Gasteiger partial charge in [0.1, 0.15) is 5.82 Å². The third-order valence-corrected chi connectivity index (χ3v) is 5.07. The van der Waals surface area contributed by atoms with Gasteiger partial charge in [0.15, 0.2) is 0 Å². The van der Waals surface area contributed by atoms with Gasteiger partial charge in [0, 0.05) is 23.2 Å². The fraction of sp³-hybridized carbons (Fsp3) is 0.647. The van der Waals surface area contributed by atoms with Crippen molar-refractivity contribution in [2.24, 2.45) is 11.7 Å². The molecule has 0 bridgehead atoms. The summed E-state index contributed by atoms with van der Waals surface area (Å²) in [5, 5.41) is 0.446. The Morgan fingerprint density at radius 1 is 1.43 bits per heavy atom. The second kappa shape index (κ2) is 7.08. The molecule has 1 aliphatic carbocycles. The third-order valence-electron chi connectivity index (χ3n) is 4.71. The summed E-state index contributed by atoms with van der Waals surface area (Å²) in [6.07, 6.45) is 4.52. The summed E-state index contributed by atoms with van der Waals surface area (Å²) < 4.78 is 20.0. The van der Waals surface area contributed by atoms with Gasteiger partial charge in [-0.05, 0) is 57.1 Å². The van der Waals surface area contributed by atoms with Crippen molar-refractivity contribution < 1.29 is 9.13 Å². The van der Waals surface area contributed by atoms with E-state index in [-0.39, 0.29) is 17.5 Å². The van der Waals surface area contributed by atoms with Crippen LogP contribution in [0.25, 0.3) is 0 Å². The van der Waals surface area contributed by atoms with Gasteiger partial charge in [0.25, 0.3) is 0 Å². The van der Waals surface area contributed by atoms with E-state index in [0.29, 0.717) is 29.5 Å². The molecule has 1 fully saturated rings. The van der Waals surface area contributed by atoms with Crippen LogP contribution in [0.4, 0.5) is 4.39 Å². The summed E-state index contributed by atoms with van der Waals surface area (Å²) in [4.78, 5) is 0. The van der Waals surface area contributed by atoms with E-state index in [4.69, 9.17) is 22.1 Å². The van der Waals surface area contributed by atoms with E-state index >= 15 is 0 Å². The van der Waals surface area contributed by atoms with Gasteiger partial charge in [-0.25, -0.2) is 4.39 Å². The molecule has 1 aliphatic rings. The molecule has 0 aromatic heterocycles. The van der Waals surface area contributed by atoms with Crippen LogP contribution in [0.5, 0.6) is 0 Å². The third kappa shape index (κ3) is 3.77. The Morgan fingerprint density at radius 2 is 2.10 bits per heavy atom. The molecule has 4 heteroatoms. The quantitative estimate of drug-likeness (QED) is 0.878. The van der Waals surface area contributed by atoms with E-state index in [1.807, 2.05) is 6.92 Å². The summed E-state index contributed by atoms with van der Waals surface area (Å²) in [5.74, 6) is 0.427. The fourth-order valence-electron chi connectivity index (χ4n) is 3.29. The van der Waals surface area contributed by atoms with E-state index in [9.17, 15) is 4.39 Å². The van der Waals surface area contributed by atoms with Crippen molar-refractivity contribution in [2.45, 2.75) is 57.6 Å². The molecule has 1 saturated carbocycles. The van der Waals surface area contributed by atoms with Crippen LogP contribution in [0.1, 0.15) is 45.1 Å². The van der Waals surface area contributed by atoms with Crippen LogP contribution in [-0.2, 0) is 11.2 Å². The van der Waals surface area contributed by atoms with Crippen LogP contribution < -0.4 is 5.73 Å². The summed E-state index contributed by atoms with van der Waals surface area (Å²) in [7, 11) is 0. The summed E-state index contributed by atoms with van der Waals surface area (Å²) >= 11 is 6.12. The molecule has 21 heavy (non-hydrogen) atoms. The molecule has 0 radical (unpaired) electrons. The highest BCUT2D eigenvalue weighted by molar-refractivity contribution is 6.31. The van der Waals surface area contributed by atoms with Gasteiger partial charge in [-0.1, -0.05) is 24.6 Å². The van der Waals surface area contributed by atoms with Crippen LogP contribution in [0, 0.1) is 11.7 Å². The molecule has 1 aromatic rings. The van der Waals surface area contributed by atoms with Crippen molar-refractivity contribution in [2.75, 3.05) is 6.61 Å². The molecule has 2 nitrogen and oxygen atoms in total. The Kier molecular flexibility index (Phi) is 5.64. The van der Waals surface area contributed by atoms with Gasteiger partial charge < -0.3 is 10.5 Å². The number of rotatable bonds is 5. The number of benzene rings is 1. The molecular weight excluding hydrogens is 289 g/mol. The van der Waals surface area contributed by atoms with E-state index in [1.165, 1.54) is 6.07 Å². The predicted octanol–water partition coefficient (Wildman–Crippen LogP) is 4.33. The van der Waals surface area contributed by atoms with Gasteiger partial charge in [0.05, 0.1) is 5.60 Å². The van der Waals surface area contributed by atoms with Crippen molar-refractivity contribution in [1.29, 1.82) is 0 Å². The normalized spacial score (nSPS) is 27.6. The molecular formula is C17H25ClFNO. The minimum atomic E-state index is -0.340. The first kappa shape index (κ1) is 16.7. The highest BCUT2D eigenvalue weighted by Gasteiger charge is 2.40. The van der Waals surface area contributed by atoms with Crippen molar-refractivity contribution in [3.63, 3.8) is 0 Å². The molecule has 0 amide bonds. The van der Waals surface area contributed by atoms with Gasteiger partial charge in [-0.3, -0.25) is 0 Å². The molecule has 2 N–H and O–H groups in total. The Balaban J connectivity index is 2.17. The minimum Gasteiger partial charge on any atom is -0.374 e. The first-order valence-corrected chi connectivity index (χ1v) is 8.18. The van der Waals surface area contributed by atoms with Gasteiger partial charge >= 0.3 is 0 Å². The summed E-state index contributed by atoms with van der Waals surface area (Å²) in [5.41, 5.74) is 6.60. The number of hydrogen-bond donors (Lipinski definition) is 1. The molecule has 2 rings (SSSR count). The predicted molar refractivity (Wildman–Crippen MR) is 85.1 cm³/mol. The maximum atomic E-state index is 14.0. The van der Waals surface area contributed by atoms with Crippen molar-refractivity contribution in [1.82, 2.24) is 0 Å². The largest absolute Gasteiger partial charge is 0.374 e. The summed E-state index contributed by atoms with van der Waals surface area (Å²) in [6.45, 7) is 4.88. The number of halogens is 2. The molecule has 118 valence electrons. The van der Waals surface area contributed by atoms with E-state index in [2.05, 4.69) is 6.92 Å². The first-order valence-electron chi connectivity index (χ1n) is 7.81. The molecule has 0 aliphatic heterocycles. The zero-order valence-corrected chi connectivity index (χ0v) is 13.6. The molecule has 0 spiro atoms. The number of ether oxygens (including phenoxy) is 1. The summed E-state index contributed by atoms with van der Waals surface area (Å²) in [6, 6.07) is 4.53. The van der Waals surface area contributed by atoms with Crippen LogP contribution in [-0.4, -0.2) is 18.2 Å². The SMILES string of the molecule is CCOC1(C(N)Cc2c(F)cccc2Cl)CCC(C)CC1. The van der Waals surface area contributed by atoms with Crippen molar-refractivity contribution in [3.05, 3.63) is 34.6 Å². The average molecular weight is 314 g/mol. The van der Waals surface area contributed by atoms with Crippen LogP contribution in [0.3, 0.4) is 0 Å². The van der Waals surface area contributed by atoms with Gasteiger partial charge in [-0.15, -0.1) is 0 Å². The topological polar surface area (TPSA) is 35.2 Å². The molecule has 0 saturated heterocycles. The maximum absolute atomic E-state index is 14.0. The Labute approximate surface area is 131 Å². The number of hydrogen-bond acceptors (Lipinski definition) is 2. The number of nitrogens with two attached hydrogens (primary N) is 1. The Hall–Kier alpha value is -0.640. The molecule has 1 atom stereocenters. The lowest BCUT2D eigenvalue weighted by Crippen LogP contribution is -2.53. The minimum absolute atomic E-state index is 0.237. The van der Waals surface area contributed by atoms with Crippen LogP contribution >= 0.6 is 11.6 Å². The smallest absolute Gasteiger partial charge is 0.127 e. The zero-order chi connectivity index (χ0) is 15.5.